The number of halogens is 1. The lowest BCUT2D eigenvalue weighted by Crippen LogP contribution is -2.22. The van der Waals surface area contributed by atoms with Crippen LogP contribution in [0.4, 0.5) is 0 Å². The molecule has 3 rings (SSSR count). The van der Waals surface area contributed by atoms with Crippen molar-refractivity contribution >= 4 is 45.3 Å². The van der Waals surface area contributed by atoms with E-state index in [-0.39, 0.29) is 5.92 Å². The lowest BCUT2D eigenvalue weighted by atomic mass is 9.85. The van der Waals surface area contributed by atoms with Crippen LogP contribution in [0.1, 0.15) is 23.9 Å². The predicted octanol–water partition coefficient (Wildman–Crippen LogP) is 5.56. The fraction of sp³-hybridized carbons (Fsp3) is 0.143. The second-order valence-electron chi connectivity index (χ2n) is 5.90. The highest BCUT2D eigenvalue weighted by Crippen LogP contribution is 2.37. The van der Waals surface area contributed by atoms with Crippen LogP contribution in [-0.2, 0) is 4.79 Å². The average molecular weight is 427 g/mol. The van der Waals surface area contributed by atoms with Crippen LogP contribution in [0, 0.1) is 5.92 Å². The first kappa shape index (κ1) is 18.5. The van der Waals surface area contributed by atoms with E-state index in [9.17, 15) is 4.79 Å². The van der Waals surface area contributed by atoms with Gasteiger partial charge in [0.05, 0.1) is 5.69 Å². The molecule has 0 spiro atoms. The van der Waals surface area contributed by atoms with Gasteiger partial charge in [0.2, 0.25) is 6.41 Å². The molecule has 0 saturated carbocycles. The minimum Gasteiger partial charge on any atom is -0.332 e. The Morgan fingerprint density at radius 2 is 2.19 bits per heavy atom. The van der Waals surface area contributed by atoms with Gasteiger partial charge in [-0.1, -0.05) is 40.2 Å². The molecule has 2 aromatic rings. The molecule has 132 valence electrons. The molecule has 1 unspecified atom stereocenters. The maximum atomic E-state index is 11.1. The Morgan fingerprint density at radius 1 is 1.31 bits per heavy atom. The third-order valence-corrected chi connectivity index (χ3v) is 5.84. The number of nitrogens with zero attached hydrogens (tertiary/aromatic N) is 1. The third kappa shape index (κ3) is 4.48. The van der Waals surface area contributed by atoms with Crippen LogP contribution in [0.25, 0.3) is 11.6 Å². The van der Waals surface area contributed by atoms with Gasteiger partial charge in [0, 0.05) is 22.7 Å². The molecular weight excluding hydrogens is 408 g/mol. The number of hydrogen-bond donors (Lipinski definition) is 1. The zero-order valence-electron chi connectivity index (χ0n) is 14.4. The van der Waals surface area contributed by atoms with E-state index < -0.39 is 0 Å². The van der Waals surface area contributed by atoms with E-state index in [4.69, 9.17) is 0 Å². The number of carbonyl (C=O) groups is 1. The third-order valence-electron chi connectivity index (χ3n) is 4.26. The summed E-state index contributed by atoms with van der Waals surface area (Å²) in [5, 5.41) is 4.95. The van der Waals surface area contributed by atoms with Crippen molar-refractivity contribution in [3.63, 3.8) is 0 Å². The molecule has 0 aliphatic heterocycles. The van der Waals surface area contributed by atoms with E-state index in [1.165, 1.54) is 16.0 Å². The molecule has 1 aliphatic carbocycles. The summed E-state index contributed by atoms with van der Waals surface area (Å²) in [6, 6.07) is 10.0. The van der Waals surface area contributed by atoms with Gasteiger partial charge in [-0.2, -0.15) is 0 Å². The van der Waals surface area contributed by atoms with Gasteiger partial charge in [0.1, 0.15) is 0 Å². The first-order valence-corrected chi connectivity index (χ1v) is 9.96. The van der Waals surface area contributed by atoms with Gasteiger partial charge in [-0.05, 0) is 64.7 Å². The number of thiophene rings is 1. The minimum absolute atomic E-state index is 0.0710. The Hall–Kier alpha value is -2.24. The molecule has 26 heavy (non-hydrogen) atoms. The average Bonchev–Trinajstić information content (AvgIpc) is 3.19. The van der Waals surface area contributed by atoms with E-state index in [0.29, 0.717) is 0 Å². The van der Waals surface area contributed by atoms with E-state index in [2.05, 4.69) is 56.7 Å². The number of amides is 1. The summed E-state index contributed by atoms with van der Waals surface area (Å²) in [6.07, 6.45) is 11.4. The van der Waals surface area contributed by atoms with Gasteiger partial charge in [0.25, 0.3) is 0 Å². The fourth-order valence-corrected chi connectivity index (χ4v) is 4.16. The Labute approximate surface area is 166 Å². The van der Waals surface area contributed by atoms with Crippen molar-refractivity contribution in [3.8, 4) is 0 Å². The Balaban J connectivity index is 2.05. The summed E-state index contributed by atoms with van der Waals surface area (Å²) >= 11 is 5.33. The molecule has 1 N–H and O–H groups in total. The molecule has 0 saturated heterocycles. The SMILES string of the molecule is CC(=C(C=Cc1ccccn1)C1CC(Br)=CC=C1NC=O)c1cccs1. The van der Waals surface area contributed by atoms with E-state index in [1.54, 1.807) is 17.5 Å². The van der Waals surface area contributed by atoms with E-state index in [1.807, 2.05) is 36.4 Å². The number of hydrogen-bond acceptors (Lipinski definition) is 3. The highest BCUT2D eigenvalue weighted by molar-refractivity contribution is 9.11. The number of allylic oxidation sites excluding steroid dienone is 6. The number of nitrogens with one attached hydrogen (secondary N) is 1. The lowest BCUT2D eigenvalue weighted by molar-refractivity contribution is -0.109. The number of aromatic nitrogens is 1. The number of pyridine rings is 1. The molecule has 0 radical (unpaired) electrons. The molecule has 5 heteroatoms. The van der Waals surface area contributed by atoms with E-state index in [0.717, 1.165) is 28.7 Å². The summed E-state index contributed by atoms with van der Waals surface area (Å²) in [6.45, 7) is 2.13. The normalized spacial score (nSPS) is 18.2. The molecule has 2 heterocycles. The van der Waals surface area contributed by atoms with Crippen LogP contribution in [0.15, 0.2) is 75.9 Å². The Bertz CT molecular complexity index is 880. The molecule has 3 nitrogen and oxygen atoms in total. The summed E-state index contributed by atoms with van der Waals surface area (Å²) in [4.78, 5) is 16.7. The van der Waals surface area contributed by atoms with Gasteiger partial charge in [-0.15, -0.1) is 11.3 Å². The molecule has 0 fully saturated rings. The van der Waals surface area contributed by atoms with Gasteiger partial charge < -0.3 is 5.32 Å². The highest BCUT2D eigenvalue weighted by atomic mass is 79.9. The van der Waals surface area contributed by atoms with Crippen molar-refractivity contribution in [3.05, 3.63) is 86.5 Å². The van der Waals surface area contributed by atoms with Crippen LogP contribution in [0.2, 0.25) is 0 Å². The molecule has 1 amide bonds. The summed E-state index contributed by atoms with van der Waals surface area (Å²) in [7, 11) is 0. The molecule has 0 aromatic carbocycles. The second-order valence-corrected chi connectivity index (χ2v) is 7.87. The monoisotopic (exact) mass is 426 g/mol. The topological polar surface area (TPSA) is 42.0 Å². The Kier molecular flexibility index (Phi) is 6.36. The van der Waals surface area contributed by atoms with E-state index >= 15 is 0 Å². The first-order valence-electron chi connectivity index (χ1n) is 8.29. The van der Waals surface area contributed by atoms with Crippen molar-refractivity contribution in [2.45, 2.75) is 13.3 Å². The maximum absolute atomic E-state index is 11.1. The highest BCUT2D eigenvalue weighted by Gasteiger charge is 2.23. The van der Waals surface area contributed by atoms with Crippen molar-refractivity contribution in [1.82, 2.24) is 10.3 Å². The van der Waals surface area contributed by atoms with Crippen molar-refractivity contribution in [1.29, 1.82) is 0 Å². The van der Waals surface area contributed by atoms with Crippen LogP contribution in [0.5, 0.6) is 0 Å². The van der Waals surface area contributed by atoms with Crippen LogP contribution in [-0.4, -0.2) is 11.4 Å². The van der Waals surface area contributed by atoms with Crippen molar-refractivity contribution in [2.75, 3.05) is 0 Å². The maximum Gasteiger partial charge on any atom is 0.211 e. The number of rotatable bonds is 6. The van der Waals surface area contributed by atoms with Gasteiger partial charge in [-0.3, -0.25) is 9.78 Å². The van der Waals surface area contributed by atoms with Gasteiger partial charge in [0.15, 0.2) is 0 Å². The zero-order chi connectivity index (χ0) is 18.4. The second kappa shape index (κ2) is 8.92. The largest absolute Gasteiger partial charge is 0.332 e. The quantitative estimate of drug-likeness (QED) is 0.485. The smallest absolute Gasteiger partial charge is 0.211 e. The summed E-state index contributed by atoms with van der Waals surface area (Å²) in [5.74, 6) is 0.0710. The number of carbonyl (C=O) groups excluding carboxylic acids is 1. The van der Waals surface area contributed by atoms with Crippen molar-refractivity contribution in [2.24, 2.45) is 5.92 Å². The first-order chi connectivity index (χ1) is 12.7. The van der Waals surface area contributed by atoms with Crippen LogP contribution < -0.4 is 5.32 Å². The van der Waals surface area contributed by atoms with Gasteiger partial charge in [-0.25, -0.2) is 0 Å². The predicted molar refractivity (Wildman–Crippen MR) is 113 cm³/mol. The molecular formula is C21H19BrN2OS. The van der Waals surface area contributed by atoms with Crippen LogP contribution >= 0.6 is 27.3 Å². The standard InChI is InChI=1S/C21H19BrN2OS/c1-15(21-6-4-12-26-21)18(9-8-17-5-2-3-11-23-17)19-13-16(22)7-10-20(19)24-14-25/h2-12,14,19H,13H2,1H3,(H,24,25). The molecule has 1 aliphatic rings. The van der Waals surface area contributed by atoms with Crippen LogP contribution in [0.3, 0.4) is 0 Å². The Morgan fingerprint density at radius 3 is 2.88 bits per heavy atom. The summed E-state index contributed by atoms with van der Waals surface area (Å²) in [5.41, 5.74) is 4.18. The lowest BCUT2D eigenvalue weighted by Gasteiger charge is -2.25. The molecule has 1 atom stereocenters. The fourth-order valence-electron chi connectivity index (χ4n) is 2.95. The molecule has 2 aromatic heterocycles. The zero-order valence-corrected chi connectivity index (χ0v) is 16.8. The van der Waals surface area contributed by atoms with Crippen molar-refractivity contribution < 1.29 is 4.79 Å². The minimum atomic E-state index is 0.0710. The summed E-state index contributed by atoms with van der Waals surface area (Å²) < 4.78 is 1.11. The van der Waals surface area contributed by atoms with Gasteiger partial charge >= 0.3 is 0 Å². The molecule has 0 bridgehead atoms.